The van der Waals surface area contributed by atoms with Crippen LogP contribution in [0.3, 0.4) is 0 Å². The van der Waals surface area contributed by atoms with Crippen molar-refractivity contribution in [2.45, 2.75) is 45.4 Å². The van der Waals surface area contributed by atoms with Crippen molar-refractivity contribution < 1.29 is 17.4 Å². The quantitative estimate of drug-likeness (QED) is 0.453. The largest absolute Gasteiger partial charge is 0.297 e. The predicted octanol–water partition coefficient (Wildman–Crippen LogP) is 1.89. The van der Waals surface area contributed by atoms with Gasteiger partial charge in [0.25, 0.3) is 10.1 Å². The van der Waals surface area contributed by atoms with Gasteiger partial charge >= 0.3 is 0 Å². The van der Waals surface area contributed by atoms with E-state index in [0.29, 0.717) is 6.42 Å². The maximum absolute atomic E-state index is 11.1. The maximum atomic E-state index is 11.1. The molecule has 0 bridgehead atoms. The van der Waals surface area contributed by atoms with Crippen LogP contribution >= 0.6 is 0 Å². The van der Waals surface area contributed by atoms with Gasteiger partial charge in [0, 0.05) is 6.42 Å². The molecule has 0 aromatic rings. The lowest BCUT2D eigenvalue weighted by Gasteiger charge is -2.01. The zero-order valence-electron chi connectivity index (χ0n) is 9.49. The van der Waals surface area contributed by atoms with Crippen LogP contribution in [0, 0.1) is 0 Å². The minimum Gasteiger partial charge on any atom is -0.297 e. The van der Waals surface area contributed by atoms with Crippen molar-refractivity contribution in [3.05, 3.63) is 0 Å². The van der Waals surface area contributed by atoms with Crippen LogP contribution < -0.4 is 0 Å². The lowest BCUT2D eigenvalue weighted by Crippen LogP contribution is -2.12. The molecule has 0 unspecified atom stereocenters. The van der Waals surface area contributed by atoms with Crippen LogP contribution in [0.2, 0.25) is 0 Å². The van der Waals surface area contributed by atoms with Crippen molar-refractivity contribution in [2.75, 3.05) is 12.9 Å². The van der Waals surface area contributed by atoms with Gasteiger partial charge in [0.1, 0.15) is 6.61 Å². The van der Waals surface area contributed by atoms with Crippen LogP contribution in [0.1, 0.15) is 45.4 Å². The second-order valence-corrected chi connectivity index (χ2v) is 5.31. The molecule has 0 saturated heterocycles. The Hall–Kier alpha value is -0.420. The SMILES string of the molecule is CCCCCCCC(=O)COS(C)(=O)=O. The van der Waals surface area contributed by atoms with Crippen LogP contribution in [0.5, 0.6) is 0 Å². The molecule has 0 aliphatic rings. The van der Waals surface area contributed by atoms with Crippen molar-refractivity contribution in [3.8, 4) is 0 Å². The maximum Gasteiger partial charge on any atom is 0.264 e. The van der Waals surface area contributed by atoms with Crippen LogP contribution in [0.25, 0.3) is 0 Å². The van der Waals surface area contributed by atoms with E-state index in [1.54, 1.807) is 0 Å². The zero-order valence-corrected chi connectivity index (χ0v) is 10.3. The number of ketones is 1. The zero-order chi connectivity index (χ0) is 11.7. The number of rotatable bonds is 9. The predicted molar refractivity (Wildman–Crippen MR) is 59.2 cm³/mol. The Morgan fingerprint density at radius 3 is 2.27 bits per heavy atom. The molecule has 0 heterocycles. The Morgan fingerprint density at radius 1 is 1.13 bits per heavy atom. The molecular formula is C10H20O4S. The highest BCUT2D eigenvalue weighted by molar-refractivity contribution is 7.86. The highest BCUT2D eigenvalue weighted by Crippen LogP contribution is 2.05. The normalized spacial score (nSPS) is 11.6. The lowest BCUT2D eigenvalue weighted by molar-refractivity contribution is -0.121. The van der Waals surface area contributed by atoms with Crippen molar-refractivity contribution in [3.63, 3.8) is 0 Å². The summed E-state index contributed by atoms with van der Waals surface area (Å²) in [6.45, 7) is 1.82. The van der Waals surface area contributed by atoms with Crippen LogP contribution in [0.4, 0.5) is 0 Å². The summed E-state index contributed by atoms with van der Waals surface area (Å²) in [7, 11) is -3.48. The van der Waals surface area contributed by atoms with E-state index in [1.807, 2.05) is 0 Å². The molecule has 0 atom stereocenters. The van der Waals surface area contributed by atoms with Crippen LogP contribution in [0.15, 0.2) is 0 Å². The molecule has 0 saturated carbocycles. The number of carbonyl (C=O) groups is 1. The molecule has 15 heavy (non-hydrogen) atoms. The Morgan fingerprint density at radius 2 is 1.73 bits per heavy atom. The number of hydrogen-bond acceptors (Lipinski definition) is 4. The van der Waals surface area contributed by atoms with E-state index in [-0.39, 0.29) is 12.4 Å². The van der Waals surface area contributed by atoms with Crippen molar-refractivity contribution in [1.29, 1.82) is 0 Å². The van der Waals surface area contributed by atoms with Crippen molar-refractivity contribution in [2.24, 2.45) is 0 Å². The third kappa shape index (κ3) is 11.5. The minimum atomic E-state index is -3.48. The molecular weight excluding hydrogens is 216 g/mol. The summed E-state index contributed by atoms with van der Waals surface area (Å²) in [5.41, 5.74) is 0. The third-order valence-electron chi connectivity index (χ3n) is 1.99. The molecule has 90 valence electrons. The van der Waals surface area contributed by atoms with E-state index in [2.05, 4.69) is 11.1 Å². The first-order chi connectivity index (χ1) is 6.95. The van der Waals surface area contributed by atoms with Crippen LogP contribution in [-0.4, -0.2) is 27.1 Å². The van der Waals surface area contributed by atoms with E-state index in [0.717, 1.165) is 25.5 Å². The second kappa shape index (κ2) is 7.82. The Bertz CT molecular complexity index is 269. The molecule has 0 spiro atoms. The van der Waals surface area contributed by atoms with Gasteiger partial charge in [0.15, 0.2) is 5.78 Å². The van der Waals surface area contributed by atoms with E-state index in [9.17, 15) is 13.2 Å². The average molecular weight is 236 g/mol. The number of hydrogen-bond donors (Lipinski definition) is 0. The Kier molecular flexibility index (Phi) is 7.60. The molecule has 0 N–H and O–H groups in total. The van der Waals surface area contributed by atoms with Gasteiger partial charge in [0.05, 0.1) is 6.26 Å². The van der Waals surface area contributed by atoms with Gasteiger partial charge in [0.2, 0.25) is 0 Å². The fourth-order valence-corrected chi connectivity index (χ4v) is 1.52. The molecule has 0 aromatic carbocycles. The first kappa shape index (κ1) is 14.6. The van der Waals surface area contributed by atoms with Gasteiger partial charge in [-0.25, -0.2) is 0 Å². The lowest BCUT2D eigenvalue weighted by atomic mass is 10.1. The highest BCUT2D eigenvalue weighted by atomic mass is 32.2. The molecule has 0 rings (SSSR count). The fourth-order valence-electron chi connectivity index (χ4n) is 1.17. The van der Waals surface area contributed by atoms with Crippen LogP contribution in [-0.2, 0) is 19.1 Å². The fraction of sp³-hybridized carbons (Fsp3) is 0.900. The standard InChI is InChI=1S/C10H20O4S/c1-3-4-5-6-7-8-10(11)9-14-15(2,12)13/h3-9H2,1-2H3. The highest BCUT2D eigenvalue weighted by Gasteiger charge is 2.07. The minimum absolute atomic E-state index is 0.142. The summed E-state index contributed by atoms with van der Waals surface area (Å²) in [5.74, 6) is -0.142. The third-order valence-corrected chi connectivity index (χ3v) is 2.54. The summed E-state index contributed by atoms with van der Waals surface area (Å²) < 4.78 is 25.5. The molecule has 0 radical (unpaired) electrons. The van der Waals surface area contributed by atoms with E-state index >= 15 is 0 Å². The van der Waals surface area contributed by atoms with E-state index in [1.165, 1.54) is 12.8 Å². The smallest absolute Gasteiger partial charge is 0.264 e. The molecule has 5 heteroatoms. The summed E-state index contributed by atoms with van der Waals surface area (Å²) in [6, 6.07) is 0. The number of Topliss-reactive ketones (excluding diaryl/α,β-unsaturated/α-hetero) is 1. The first-order valence-corrected chi connectivity index (χ1v) is 7.13. The molecule has 0 fully saturated rings. The van der Waals surface area contributed by atoms with E-state index < -0.39 is 10.1 Å². The van der Waals surface area contributed by atoms with Crippen molar-refractivity contribution >= 4 is 15.9 Å². The Balaban J connectivity index is 3.42. The number of unbranched alkanes of at least 4 members (excludes halogenated alkanes) is 4. The van der Waals surface area contributed by atoms with Gasteiger partial charge in [-0.2, -0.15) is 8.42 Å². The molecule has 0 amide bonds. The summed E-state index contributed by atoms with van der Waals surface area (Å²) in [5, 5.41) is 0. The first-order valence-electron chi connectivity index (χ1n) is 5.32. The monoisotopic (exact) mass is 236 g/mol. The van der Waals surface area contributed by atoms with Crippen molar-refractivity contribution in [1.82, 2.24) is 0 Å². The molecule has 0 aliphatic carbocycles. The van der Waals surface area contributed by atoms with Gasteiger partial charge in [-0.1, -0.05) is 32.6 Å². The van der Waals surface area contributed by atoms with Gasteiger partial charge in [-0.05, 0) is 6.42 Å². The molecule has 4 nitrogen and oxygen atoms in total. The summed E-state index contributed by atoms with van der Waals surface area (Å²) >= 11 is 0. The molecule has 0 aromatic heterocycles. The topological polar surface area (TPSA) is 60.4 Å². The summed E-state index contributed by atoms with van der Waals surface area (Å²) in [4.78, 5) is 11.1. The van der Waals surface area contributed by atoms with E-state index in [4.69, 9.17) is 0 Å². The Labute approximate surface area is 92.1 Å². The van der Waals surface area contributed by atoms with Gasteiger partial charge in [-0.15, -0.1) is 0 Å². The average Bonchev–Trinajstić information content (AvgIpc) is 2.13. The summed E-state index contributed by atoms with van der Waals surface area (Å²) in [6.07, 6.45) is 6.71. The van der Waals surface area contributed by atoms with Gasteiger partial charge < -0.3 is 0 Å². The van der Waals surface area contributed by atoms with Gasteiger partial charge in [-0.3, -0.25) is 8.98 Å². The second-order valence-electron chi connectivity index (χ2n) is 3.67. The number of carbonyl (C=O) groups excluding carboxylic acids is 1. The molecule has 0 aliphatic heterocycles.